The Kier molecular flexibility index (Phi) is 4.77. The summed E-state index contributed by atoms with van der Waals surface area (Å²) < 4.78 is 0. The number of benzene rings is 1. The molecule has 0 radical (unpaired) electrons. The molecule has 1 N–H and O–H groups in total. The quantitative estimate of drug-likeness (QED) is 0.774. The van der Waals surface area contributed by atoms with Gasteiger partial charge in [-0.3, -0.25) is 0 Å². The second kappa shape index (κ2) is 6.76. The Balaban J connectivity index is 1.58. The highest BCUT2D eigenvalue weighted by atomic mass is 14.9. The summed E-state index contributed by atoms with van der Waals surface area (Å²) in [5, 5.41) is 3.87. The first-order chi connectivity index (χ1) is 9.86. The molecule has 3 rings (SSSR count). The number of aryl methyl sites for hydroxylation is 1. The van der Waals surface area contributed by atoms with Crippen molar-refractivity contribution in [1.29, 1.82) is 0 Å². The van der Waals surface area contributed by atoms with Gasteiger partial charge in [0.2, 0.25) is 0 Å². The molecule has 1 heteroatoms. The van der Waals surface area contributed by atoms with Gasteiger partial charge in [-0.1, -0.05) is 43.7 Å². The molecule has 4 unspecified atom stereocenters. The maximum atomic E-state index is 3.87. The SMILES string of the molecule is CCCNC(CCc1ccccc1)C1CC2CCC1C2. The Bertz CT molecular complexity index is 399. The van der Waals surface area contributed by atoms with Crippen LogP contribution in [0.5, 0.6) is 0 Å². The maximum Gasteiger partial charge on any atom is 0.0101 e. The summed E-state index contributed by atoms with van der Waals surface area (Å²) in [4.78, 5) is 0. The van der Waals surface area contributed by atoms with Crippen molar-refractivity contribution >= 4 is 0 Å². The zero-order chi connectivity index (χ0) is 13.8. The Hall–Kier alpha value is -0.820. The molecular formula is C19H29N. The van der Waals surface area contributed by atoms with E-state index in [2.05, 4.69) is 42.6 Å². The van der Waals surface area contributed by atoms with Gasteiger partial charge in [0.1, 0.15) is 0 Å². The number of hydrogen-bond donors (Lipinski definition) is 1. The minimum Gasteiger partial charge on any atom is -0.314 e. The van der Waals surface area contributed by atoms with E-state index in [-0.39, 0.29) is 0 Å². The topological polar surface area (TPSA) is 12.0 Å². The average molecular weight is 271 g/mol. The van der Waals surface area contributed by atoms with Gasteiger partial charge < -0.3 is 5.32 Å². The first-order valence-electron chi connectivity index (χ1n) is 8.64. The fourth-order valence-corrected chi connectivity index (χ4v) is 4.55. The molecule has 1 aromatic carbocycles. The number of hydrogen-bond acceptors (Lipinski definition) is 1. The molecule has 20 heavy (non-hydrogen) atoms. The van der Waals surface area contributed by atoms with E-state index in [4.69, 9.17) is 0 Å². The first-order valence-corrected chi connectivity index (χ1v) is 8.64. The first kappa shape index (κ1) is 14.1. The third-order valence-corrected chi connectivity index (χ3v) is 5.55. The lowest BCUT2D eigenvalue weighted by Gasteiger charge is -2.31. The van der Waals surface area contributed by atoms with Gasteiger partial charge in [0, 0.05) is 6.04 Å². The van der Waals surface area contributed by atoms with Gasteiger partial charge in [0.15, 0.2) is 0 Å². The van der Waals surface area contributed by atoms with E-state index >= 15 is 0 Å². The van der Waals surface area contributed by atoms with Crippen molar-refractivity contribution in [1.82, 2.24) is 5.32 Å². The average Bonchev–Trinajstić information content (AvgIpc) is 3.11. The smallest absolute Gasteiger partial charge is 0.0101 e. The van der Waals surface area contributed by atoms with Crippen LogP contribution in [0.25, 0.3) is 0 Å². The number of fused-ring (bicyclic) bond motifs is 2. The summed E-state index contributed by atoms with van der Waals surface area (Å²) in [6.45, 7) is 3.47. The van der Waals surface area contributed by atoms with E-state index in [9.17, 15) is 0 Å². The van der Waals surface area contributed by atoms with Crippen molar-refractivity contribution in [3.05, 3.63) is 35.9 Å². The van der Waals surface area contributed by atoms with Crippen LogP contribution < -0.4 is 5.32 Å². The standard InChI is InChI=1S/C19H29N/c1-2-12-20-19(11-9-15-6-4-3-5-7-15)18-14-16-8-10-17(18)13-16/h3-7,16-20H,2,8-14H2,1H3. The van der Waals surface area contributed by atoms with Crippen LogP contribution in [0.15, 0.2) is 30.3 Å². The van der Waals surface area contributed by atoms with Crippen molar-refractivity contribution < 1.29 is 0 Å². The number of nitrogens with one attached hydrogen (secondary N) is 1. The predicted octanol–water partition coefficient (Wildman–Crippen LogP) is 4.42. The van der Waals surface area contributed by atoms with Gasteiger partial charge in [0.05, 0.1) is 0 Å². The van der Waals surface area contributed by atoms with Crippen molar-refractivity contribution in [2.24, 2.45) is 17.8 Å². The molecule has 0 saturated heterocycles. The molecule has 2 aliphatic carbocycles. The van der Waals surface area contributed by atoms with Gasteiger partial charge in [-0.15, -0.1) is 0 Å². The zero-order valence-electron chi connectivity index (χ0n) is 12.9. The van der Waals surface area contributed by atoms with E-state index < -0.39 is 0 Å². The molecule has 4 atom stereocenters. The fourth-order valence-electron chi connectivity index (χ4n) is 4.55. The second-order valence-electron chi connectivity index (χ2n) is 6.92. The third-order valence-electron chi connectivity index (χ3n) is 5.55. The predicted molar refractivity (Wildman–Crippen MR) is 85.8 cm³/mol. The Morgan fingerprint density at radius 3 is 2.65 bits per heavy atom. The van der Waals surface area contributed by atoms with Crippen molar-refractivity contribution in [3.63, 3.8) is 0 Å². The zero-order valence-corrected chi connectivity index (χ0v) is 12.9. The van der Waals surface area contributed by atoms with Crippen LogP contribution in [0, 0.1) is 17.8 Å². The molecule has 2 fully saturated rings. The lowest BCUT2D eigenvalue weighted by atomic mass is 9.81. The monoisotopic (exact) mass is 271 g/mol. The Morgan fingerprint density at radius 1 is 1.15 bits per heavy atom. The summed E-state index contributed by atoms with van der Waals surface area (Å²) in [5.41, 5.74) is 1.50. The number of rotatable bonds is 7. The van der Waals surface area contributed by atoms with Crippen LogP contribution >= 0.6 is 0 Å². The molecule has 0 aliphatic heterocycles. The van der Waals surface area contributed by atoms with E-state index in [0.29, 0.717) is 0 Å². The summed E-state index contributed by atoms with van der Waals surface area (Å²) in [6, 6.07) is 11.8. The lowest BCUT2D eigenvalue weighted by molar-refractivity contribution is 0.239. The highest BCUT2D eigenvalue weighted by Crippen LogP contribution is 2.50. The van der Waals surface area contributed by atoms with Gasteiger partial charge in [-0.25, -0.2) is 0 Å². The molecule has 0 aromatic heterocycles. The van der Waals surface area contributed by atoms with Crippen molar-refractivity contribution in [3.8, 4) is 0 Å². The molecule has 110 valence electrons. The highest BCUT2D eigenvalue weighted by molar-refractivity contribution is 5.15. The van der Waals surface area contributed by atoms with Gasteiger partial charge in [0.25, 0.3) is 0 Å². The molecule has 1 aromatic rings. The summed E-state index contributed by atoms with van der Waals surface area (Å²) in [5.74, 6) is 3.06. The molecule has 2 saturated carbocycles. The summed E-state index contributed by atoms with van der Waals surface area (Å²) in [7, 11) is 0. The summed E-state index contributed by atoms with van der Waals surface area (Å²) >= 11 is 0. The molecule has 0 amide bonds. The largest absolute Gasteiger partial charge is 0.314 e. The van der Waals surface area contributed by atoms with Crippen LogP contribution in [0.4, 0.5) is 0 Å². The normalized spacial score (nSPS) is 29.8. The van der Waals surface area contributed by atoms with Crippen LogP contribution in [0.2, 0.25) is 0 Å². The van der Waals surface area contributed by atoms with E-state index in [1.807, 2.05) is 0 Å². The van der Waals surface area contributed by atoms with Crippen LogP contribution in [0.1, 0.15) is 51.0 Å². The van der Waals surface area contributed by atoms with Crippen LogP contribution in [-0.4, -0.2) is 12.6 Å². The molecule has 1 nitrogen and oxygen atoms in total. The van der Waals surface area contributed by atoms with Gasteiger partial charge in [-0.05, 0) is 68.4 Å². The van der Waals surface area contributed by atoms with E-state index in [0.717, 1.165) is 23.8 Å². The minimum absolute atomic E-state index is 0.755. The Morgan fingerprint density at radius 2 is 2.00 bits per heavy atom. The van der Waals surface area contributed by atoms with E-state index in [1.165, 1.54) is 57.1 Å². The van der Waals surface area contributed by atoms with Crippen molar-refractivity contribution in [2.45, 2.75) is 57.9 Å². The van der Waals surface area contributed by atoms with E-state index in [1.54, 1.807) is 0 Å². The second-order valence-corrected chi connectivity index (χ2v) is 6.92. The fraction of sp³-hybridized carbons (Fsp3) is 0.684. The Labute approximate surface area is 124 Å². The van der Waals surface area contributed by atoms with Crippen LogP contribution in [0.3, 0.4) is 0 Å². The lowest BCUT2D eigenvalue weighted by Crippen LogP contribution is -2.39. The van der Waals surface area contributed by atoms with Crippen molar-refractivity contribution in [2.75, 3.05) is 6.54 Å². The molecule has 2 aliphatic rings. The van der Waals surface area contributed by atoms with Crippen LogP contribution in [-0.2, 0) is 6.42 Å². The molecule has 0 heterocycles. The molecule has 0 spiro atoms. The third kappa shape index (κ3) is 3.25. The summed E-state index contributed by atoms with van der Waals surface area (Å²) in [6.07, 6.45) is 9.85. The maximum absolute atomic E-state index is 3.87. The minimum atomic E-state index is 0.755. The van der Waals surface area contributed by atoms with Gasteiger partial charge >= 0.3 is 0 Å². The molecule has 2 bridgehead atoms. The van der Waals surface area contributed by atoms with Gasteiger partial charge in [-0.2, -0.15) is 0 Å². The molecular weight excluding hydrogens is 242 g/mol. The highest BCUT2D eigenvalue weighted by Gasteiger charge is 2.42.